The van der Waals surface area contributed by atoms with E-state index < -0.39 is 9.84 Å². The van der Waals surface area contributed by atoms with Crippen molar-refractivity contribution in [3.8, 4) is 5.75 Å². The van der Waals surface area contributed by atoms with Gasteiger partial charge in [0, 0.05) is 17.1 Å². The van der Waals surface area contributed by atoms with E-state index in [1.54, 1.807) is 11.0 Å². The SMILES string of the molecule is CCCN(C(=O)COc1ccc(Br)cc1Br)C1CCS(=O)(=O)C1. The van der Waals surface area contributed by atoms with Crippen molar-refractivity contribution in [3.05, 3.63) is 27.1 Å². The molecule has 0 aromatic heterocycles. The van der Waals surface area contributed by atoms with E-state index in [9.17, 15) is 13.2 Å². The molecule has 1 unspecified atom stereocenters. The average molecular weight is 469 g/mol. The van der Waals surface area contributed by atoms with Crippen LogP contribution < -0.4 is 4.74 Å². The molecule has 1 amide bonds. The molecule has 1 heterocycles. The zero-order chi connectivity index (χ0) is 17.0. The van der Waals surface area contributed by atoms with Crippen LogP contribution in [0.15, 0.2) is 27.1 Å². The normalized spacial score (nSPS) is 19.5. The highest BCUT2D eigenvalue weighted by molar-refractivity contribution is 9.11. The summed E-state index contributed by atoms with van der Waals surface area (Å²) in [7, 11) is -3.02. The van der Waals surface area contributed by atoms with E-state index in [0.29, 0.717) is 18.7 Å². The van der Waals surface area contributed by atoms with Crippen LogP contribution in [0.2, 0.25) is 0 Å². The molecule has 1 aliphatic rings. The lowest BCUT2D eigenvalue weighted by Gasteiger charge is -2.28. The van der Waals surface area contributed by atoms with Gasteiger partial charge in [0.05, 0.1) is 16.0 Å². The van der Waals surface area contributed by atoms with Gasteiger partial charge in [-0.2, -0.15) is 0 Å². The van der Waals surface area contributed by atoms with Gasteiger partial charge in [-0.3, -0.25) is 4.79 Å². The fraction of sp³-hybridized carbons (Fsp3) is 0.533. The maximum absolute atomic E-state index is 12.5. The van der Waals surface area contributed by atoms with Gasteiger partial charge in [-0.25, -0.2) is 8.42 Å². The van der Waals surface area contributed by atoms with Gasteiger partial charge in [0.15, 0.2) is 16.4 Å². The van der Waals surface area contributed by atoms with Crippen LogP contribution in [-0.2, 0) is 14.6 Å². The number of benzene rings is 1. The summed E-state index contributed by atoms with van der Waals surface area (Å²) in [5, 5.41) is 0. The highest BCUT2D eigenvalue weighted by Crippen LogP contribution is 2.28. The van der Waals surface area contributed by atoms with Crippen LogP contribution in [-0.4, -0.2) is 49.9 Å². The molecular formula is C15H19Br2NO4S. The van der Waals surface area contributed by atoms with Crippen molar-refractivity contribution in [2.24, 2.45) is 0 Å². The first-order valence-electron chi connectivity index (χ1n) is 7.40. The van der Waals surface area contributed by atoms with Gasteiger partial charge < -0.3 is 9.64 Å². The number of carbonyl (C=O) groups is 1. The van der Waals surface area contributed by atoms with E-state index in [0.717, 1.165) is 15.4 Å². The Hall–Kier alpha value is -0.600. The van der Waals surface area contributed by atoms with Crippen LogP contribution in [0, 0.1) is 0 Å². The topological polar surface area (TPSA) is 63.7 Å². The summed E-state index contributed by atoms with van der Waals surface area (Å²) in [5.74, 6) is 0.617. The van der Waals surface area contributed by atoms with Crippen LogP contribution in [0.4, 0.5) is 0 Å². The van der Waals surface area contributed by atoms with Crippen molar-refractivity contribution >= 4 is 47.6 Å². The molecule has 5 nitrogen and oxygen atoms in total. The third-order valence-electron chi connectivity index (χ3n) is 3.68. The van der Waals surface area contributed by atoms with Crippen LogP contribution in [0.25, 0.3) is 0 Å². The van der Waals surface area contributed by atoms with Crippen LogP contribution >= 0.6 is 31.9 Å². The molecule has 2 rings (SSSR count). The number of ether oxygens (including phenoxy) is 1. The molecule has 0 bridgehead atoms. The van der Waals surface area contributed by atoms with Crippen LogP contribution in [0.5, 0.6) is 5.75 Å². The number of nitrogens with zero attached hydrogens (tertiary/aromatic N) is 1. The van der Waals surface area contributed by atoms with Crippen molar-refractivity contribution in [2.45, 2.75) is 25.8 Å². The molecule has 1 aromatic carbocycles. The lowest BCUT2D eigenvalue weighted by molar-refractivity contribution is -0.135. The second-order valence-corrected chi connectivity index (χ2v) is 9.51. The van der Waals surface area contributed by atoms with Gasteiger partial charge in [0.25, 0.3) is 5.91 Å². The van der Waals surface area contributed by atoms with Gasteiger partial charge in [-0.05, 0) is 47.0 Å². The Kier molecular flexibility index (Phi) is 6.50. The number of halogens is 2. The number of rotatable bonds is 6. The summed E-state index contributed by atoms with van der Waals surface area (Å²) in [5.41, 5.74) is 0. The summed E-state index contributed by atoms with van der Waals surface area (Å²) < 4.78 is 30.5. The van der Waals surface area contributed by atoms with Gasteiger partial charge in [-0.1, -0.05) is 22.9 Å². The quantitative estimate of drug-likeness (QED) is 0.643. The average Bonchev–Trinajstić information content (AvgIpc) is 2.83. The fourth-order valence-electron chi connectivity index (χ4n) is 2.59. The van der Waals surface area contributed by atoms with Crippen LogP contribution in [0.1, 0.15) is 19.8 Å². The standard InChI is InChI=1S/C15H19Br2NO4S/c1-2-6-18(12-5-7-23(20,21)10-12)15(19)9-22-14-4-3-11(16)8-13(14)17/h3-4,8,12H,2,5-7,9-10H2,1H3. The minimum atomic E-state index is -3.02. The third-order valence-corrected chi connectivity index (χ3v) is 6.54. The molecule has 8 heteroatoms. The Bertz CT molecular complexity index is 678. The van der Waals surface area contributed by atoms with E-state index >= 15 is 0 Å². The summed E-state index contributed by atoms with van der Waals surface area (Å²) in [6.45, 7) is 2.41. The molecule has 128 valence electrons. The maximum atomic E-state index is 12.5. The molecule has 1 saturated heterocycles. The van der Waals surface area contributed by atoms with E-state index in [2.05, 4.69) is 31.9 Å². The number of amides is 1. The number of hydrogen-bond acceptors (Lipinski definition) is 4. The fourth-order valence-corrected chi connectivity index (χ4v) is 5.48. The Morgan fingerprint density at radius 1 is 1.39 bits per heavy atom. The predicted molar refractivity (Wildman–Crippen MR) is 96.4 cm³/mol. The van der Waals surface area contributed by atoms with Gasteiger partial charge in [0.2, 0.25) is 0 Å². The Morgan fingerprint density at radius 3 is 2.70 bits per heavy atom. The first-order valence-corrected chi connectivity index (χ1v) is 10.8. The molecule has 1 atom stereocenters. The number of hydrogen-bond donors (Lipinski definition) is 0. The number of sulfone groups is 1. The Labute approximate surface area is 153 Å². The molecule has 0 aliphatic carbocycles. The molecule has 0 N–H and O–H groups in total. The first-order chi connectivity index (χ1) is 10.8. The molecule has 23 heavy (non-hydrogen) atoms. The zero-order valence-corrected chi connectivity index (χ0v) is 16.8. The van der Waals surface area contributed by atoms with Crippen LogP contribution in [0.3, 0.4) is 0 Å². The maximum Gasteiger partial charge on any atom is 0.260 e. The highest BCUT2D eigenvalue weighted by Gasteiger charge is 2.34. The van der Waals surface area contributed by atoms with E-state index in [1.165, 1.54) is 0 Å². The van der Waals surface area contributed by atoms with Crippen molar-refractivity contribution in [1.29, 1.82) is 0 Å². The summed E-state index contributed by atoms with van der Waals surface area (Å²) in [4.78, 5) is 14.1. The Morgan fingerprint density at radius 2 is 2.13 bits per heavy atom. The van der Waals surface area contributed by atoms with Gasteiger partial charge >= 0.3 is 0 Å². The molecule has 0 saturated carbocycles. The second kappa shape index (κ2) is 7.98. The predicted octanol–water partition coefficient (Wildman–Crippen LogP) is 3.02. The highest BCUT2D eigenvalue weighted by atomic mass is 79.9. The first kappa shape index (κ1) is 18.7. The molecule has 1 aliphatic heterocycles. The molecular weight excluding hydrogens is 450 g/mol. The Balaban J connectivity index is 2.01. The minimum Gasteiger partial charge on any atom is -0.483 e. The summed E-state index contributed by atoms with van der Waals surface area (Å²) in [6, 6.07) is 5.21. The largest absolute Gasteiger partial charge is 0.483 e. The lowest BCUT2D eigenvalue weighted by Crippen LogP contribution is -2.44. The molecule has 1 aromatic rings. The minimum absolute atomic E-state index is 0.0563. The summed E-state index contributed by atoms with van der Waals surface area (Å²) >= 11 is 6.74. The third kappa shape index (κ3) is 5.19. The van der Waals surface area contributed by atoms with E-state index in [-0.39, 0.29) is 30.1 Å². The molecule has 0 radical (unpaired) electrons. The number of carbonyl (C=O) groups excluding carboxylic acids is 1. The van der Waals surface area contributed by atoms with Crippen molar-refractivity contribution in [3.63, 3.8) is 0 Å². The zero-order valence-electron chi connectivity index (χ0n) is 12.8. The van der Waals surface area contributed by atoms with Gasteiger partial charge in [0.1, 0.15) is 5.75 Å². The molecule has 1 fully saturated rings. The second-order valence-electron chi connectivity index (χ2n) is 5.51. The molecule has 0 spiro atoms. The van der Waals surface area contributed by atoms with E-state index in [1.807, 2.05) is 19.1 Å². The van der Waals surface area contributed by atoms with Crippen molar-refractivity contribution in [1.82, 2.24) is 4.90 Å². The van der Waals surface area contributed by atoms with Crippen molar-refractivity contribution < 1.29 is 17.9 Å². The lowest BCUT2D eigenvalue weighted by atomic mass is 10.2. The van der Waals surface area contributed by atoms with E-state index in [4.69, 9.17) is 4.74 Å². The summed E-state index contributed by atoms with van der Waals surface area (Å²) in [6.07, 6.45) is 1.29. The van der Waals surface area contributed by atoms with Crippen molar-refractivity contribution in [2.75, 3.05) is 24.7 Å². The van der Waals surface area contributed by atoms with Gasteiger partial charge in [-0.15, -0.1) is 0 Å². The smallest absolute Gasteiger partial charge is 0.260 e. The monoisotopic (exact) mass is 467 g/mol.